The Kier molecular flexibility index (Phi) is 4.96. The van der Waals surface area contributed by atoms with Crippen LogP contribution in [0, 0.1) is 0 Å². The molecular formula is C21H20ClN3O3. The number of hydrogen-bond acceptors (Lipinski definition) is 4. The number of ether oxygens (including phenoxy) is 1. The summed E-state index contributed by atoms with van der Waals surface area (Å²) in [5.41, 5.74) is 4.45. The van der Waals surface area contributed by atoms with E-state index in [-0.39, 0.29) is 18.2 Å². The zero-order valence-electron chi connectivity index (χ0n) is 15.5. The molecule has 6 nitrogen and oxygen atoms in total. The van der Waals surface area contributed by atoms with E-state index in [9.17, 15) is 4.79 Å². The van der Waals surface area contributed by atoms with Gasteiger partial charge in [-0.2, -0.15) is 0 Å². The number of benzene rings is 2. The van der Waals surface area contributed by atoms with Crippen LogP contribution in [-0.4, -0.2) is 18.9 Å². The third-order valence-corrected chi connectivity index (χ3v) is 5.19. The molecule has 0 spiro atoms. The molecule has 0 aromatic heterocycles. The summed E-state index contributed by atoms with van der Waals surface area (Å²) in [6.45, 7) is 1.88. The third-order valence-electron chi connectivity index (χ3n) is 4.94. The lowest BCUT2D eigenvalue weighted by atomic mass is 9.89. The molecule has 0 saturated heterocycles. The first-order chi connectivity index (χ1) is 13.5. The van der Waals surface area contributed by atoms with Crippen molar-refractivity contribution in [1.82, 2.24) is 10.6 Å². The summed E-state index contributed by atoms with van der Waals surface area (Å²) in [6, 6.07) is 14.6. The molecule has 0 aliphatic carbocycles. The predicted molar refractivity (Wildman–Crippen MR) is 107 cm³/mol. The maximum Gasteiger partial charge on any atom is 0.319 e. The van der Waals surface area contributed by atoms with E-state index in [2.05, 4.69) is 15.8 Å². The Hall–Kier alpha value is -2.99. The van der Waals surface area contributed by atoms with Crippen LogP contribution in [0.15, 0.2) is 65.0 Å². The zero-order chi connectivity index (χ0) is 19.7. The van der Waals surface area contributed by atoms with E-state index < -0.39 is 0 Å². The van der Waals surface area contributed by atoms with Crippen molar-refractivity contribution in [3.63, 3.8) is 0 Å². The van der Waals surface area contributed by atoms with Crippen molar-refractivity contribution < 1.29 is 14.4 Å². The first-order valence-electron chi connectivity index (χ1n) is 8.96. The second-order valence-electron chi connectivity index (χ2n) is 6.73. The number of urea groups is 1. The minimum absolute atomic E-state index is 0.176. The molecule has 2 atom stereocenters. The standard InChI is InChI=1S/C21H20ClN3O3/c1-12-19(20(24-21(26)23-12)14-3-7-15(22)8-4-14)17-11-18(28-25-17)13-5-9-16(27-2)10-6-13/h3-10,18,20H,11H2,1-2H3,(H2,23,24,26). The number of carbonyl (C=O) groups excluding carboxylic acids is 1. The van der Waals surface area contributed by atoms with E-state index in [0.29, 0.717) is 11.4 Å². The second kappa shape index (κ2) is 7.56. The molecule has 0 fully saturated rings. The molecule has 2 unspecified atom stereocenters. The number of carbonyl (C=O) groups is 1. The van der Waals surface area contributed by atoms with Crippen molar-refractivity contribution >= 4 is 23.3 Å². The van der Waals surface area contributed by atoms with Gasteiger partial charge >= 0.3 is 6.03 Å². The smallest absolute Gasteiger partial charge is 0.319 e. The van der Waals surface area contributed by atoms with E-state index in [1.807, 2.05) is 55.5 Å². The molecule has 2 aliphatic rings. The molecule has 2 N–H and O–H groups in total. The van der Waals surface area contributed by atoms with Gasteiger partial charge in [-0.15, -0.1) is 0 Å². The highest BCUT2D eigenvalue weighted by Crippen LogP contribution is 2.36. The zero-order valence-corrected chi connectivity index (χ0v) is 16.3. The average Bonchev–Trinajstić information content (AvgIpc) is 3.17. The number of nitrogens with zero attached hydrogens (tertiary/aromatic N) is 1. The molecule has 28 heavy (non-hydrogen) atoms. The van der Waals surface area contributed by atoms with Crippen molar-refractivity contribution in [1.29, 1.82) is 0 Å². The van der Waals surface area contributed by atoms with Gasteiger partial charge in [-0.1, -0.05) is 41.0 Å². The van der Waals surface area contributed by atoms with Crippen LogP contribution in [0.5, 0.6) is 5.75 Å². The summed E-state index contributed by atoms with van der Waals surface area (Å²) < 4.78 is 5.21. The van der Waals surface area contributed by atoms with Crippen LogP contribution in [0.3, 0.4) is 0 Å². The number of allylic oxidation sites excluding steroid dienone is 1. The fourth-order valence-electron chi connectivity index (χ4n) is 3.52. The van der Waals surface area contributed by atoms with Crippen LogP contribution in [0.2, 0.25) is 5.02 Å². The molecule has 2 amide bonds. The maximum atomic E-state index is 12.1. The lowest BCUT2D eigenvalue weighted by Gasteiger charge is -2.29. The molecule has 2 heterocycles. The van der Waals surface area contributed by atoms with E-state index in [4.69, 9.17) is 21.2 Å². The monoisotopic (exact) mass is 397 g/mol. The Labute approximate surface area is 168 Å². The lowest BCUT2D eigenvalue weighted by molar-refractivity contribution is 0.0857. The van der Waals surface area contributed by atoms with Gasteiger partial charge in [-0.3, -0.25) is 0 Å². The van der Waals surface area contributed by atoms with Gasteiger partial charge in [0.25, 0.3) is 0 Å². The molecule has 0 radical (unpaired) electrons. The van der Waals surface area contributed by atoms with Gasteiger partial charge in [0.05, 0.1) is 18.9 Å². The van der Waals surface area contributed by atoms with Gasteiger partial charge < -0.3 is 20.2 Å². The molecule has 2 aromatic carbocycles. The van der Waals surface area contributed by atoms with Gasteiger partial charge in [0, 0.05) is 22.7 Å². The molecule has 2 aromatic rings. The fourth-order valence-corrected chi connectivity index (χ4v) is 3.64. The van der Waals surface area contributed by atoms with Crippen molar-refractivity contribution in [3.8, 4) is 5.75 Å². The minimum atomic E-state index is -0.317. The minimum Gasteiger partial charge on any atom is -0.497 e. The largest absolute Gasteiger partial charge is 0.497 e. The van der Waals surface area contributed by atoms with Crippen LogP contribution in [0.4, 0.5) is 4.79 Å². The quantitative estimate of drug-likeness (QED) is 0.798. The number of halogens is 1. The second-order valence-corrected chi connectivity index (χ2v) is 7.17. The van der Waals surface area contributed by atoms with Gasteiger partial charge in [0.2, 0.25) is 0 Å². The highest BCUT2D eigenvalue weighted by atomic mass is 35.5. The van der Waals surface area contributed by atoms with Gasteiger partial charge in [0.1, 0.15) is 5.75 Å². The highest BCUT2D eigenvalue weighted by molar-refractivity contribution is 6.30. The topological polar surface area (TPSA) is 72.0 Å². The Bertz CT molecular complexity index is 952. The number of hydrogen-bond donors (Lipinski definition) is 2. The summed E-state index contributed by atoms with van der Waals surface area (Å²) in [5.74, 6) is 0.795. The molecular weight excluding hydrogens is 378 g/mol. The molecule has 4 rings (SSSR count). The van der Waals surface area contributed by atoms with E-state index in [1.165, 1.54) is 0 Å². The highest BCUT2D eigenvalue weighted by Gasteiger charge is 2.34. The molecule has 7 heteroatoms. The fraction of sp³-hybridized carbons (Fsp3) is 0.238. The maximum absolute atomic E-state index is 12.1. The van der Waals surface area contributed by atoms with Crippen LogP contribution < -0.4 is 15.4 Å². The van der Waals surface area contributed by atoms with Crippen LogP contribution in [0.1, 0.15) is 36.6 Å². The summed E-state index contributed by atoms with van der Waals surface area (Å²) in [4.78, 5) is 17.8. The Morgan fingerprint density at radius 2 is 1.79 bits per heavy atom. The summed E-state index contributed by atoms with van der Waals surface area (Å²) >= 11 is 6.02. The number of amides is 2. The van der Waals surface area contributed by atoms with Crippen molar-refractivity contribution in [2.45, 2.75) is 25.5 Å². The average molecular weight is 398 g/mol. The number of methoxy groups -OCH3 is 1. The third kappa shape index (κ3) is 3.55. The number of nitrogens with one attached hydrogen (secondary N) is 2. The summed E-state index contributed by atoms with van der Waals surface area (Å²) in [6.07, 6.45) is 0.436. The van der Waals surface area contributed by atoms with E-state index in [0.717, 1.165) is 33.9 Å². The Balaban J connectivity index is 1.61. The van der Waals surface area contributed by atoms with Crippen LogP contribution >= 0.6 is 11.6 Å². The first kappa shape index (κ1) is 18.4. The summed E-state index contributed by atoms with van der Waals surface area (Å²) in [7, 11) is 1.64. The molecule has 2 aliphatic heterocycles. The number of oxime groups is 1. The van der Waals surface area contributed by atoms with Gasteiger partial charge in [0.15, 0.2) is 6.10 Å². The first-order valence-corrected chi connectivity index (χ1v) is 9.33. The van der Waals surface area contributed by atoms with Crippen LogP contribution in [-0.2, 0) is 4.84 Å². The van der Waals surface area contributed by atoms with Crippen molar-refractivity contribution in [2.24, 2.45) is 5.16 Å². The van der Waals surface area contributed by atoms with Gasteiger partial charge in [-0.25, -0.2) is 4.79 Å². The normalized spacial score (nSPS) is 21.5. The van der Waals surface area contributed by atoms with Gasteiger partial charge in [-0.05, 0) is 42.3 Å². The Morgan fingerprint density at radius 3 is 2.46 bits per heavy atom. The molecule has 0 saturated carbocycles. The summed E-state index contributed by atoms with van der Waals surface area (Å²) in [5, 5.41) is 10.8. The predicted octanol–water partition coefficient (Wildman–Crippen LogP) is 4.49. The van der Waals surface area contributed by atoms with Crippen molar-refractivity contribution in [3.05, 3.63) is 76.0 Å². The molecule has 0 bridgehead atoms. The van der Waals surface area contributed by atoms with Crippen molar-refractivity contribution in [2.75, 3.05) is 7.11 Å². The Morgan fingerprint density at radius 1 is 1.11 bits per heavy atom. The lowest BCUT2D eigenvalue weighted by Crippen LogP contribution is -2.44. The SMILES string of the molecule is COc1ccc(C2CC(C3=C(C)NC(=O)NC3c3ccc(Cl)cc3)=NO2)cc1. The number of rotatable bonds is 4. The molecule has 144 valence electrons. The van der Waals surface area contributed by atoms with Crippen LogP contribution in [0.25, 0.3) is 0 Å². The van der Waals surface area contributed by atoms with E-state index >= 15 is 0 Å². The van der Waals surface area contributed by atoms with E-state index in [1.54, 1.807) is 7.11 Å².